The number of hydrogen-bond acceptors (Lipinski definition) is 6. The van der Waals surface area contributed by atoms with Crippen molar-refractivity contribution in [3.63, 3.8) is 0 Å². The number of carbonyl (C=O) groups is 1. The lowest BCUT2D eigenvalue weighted by atomic mass is 9.92. The zero-order chi connectivity index (χ0) is 22.0. The minimum atomic E-state index is 0.102. The van der Waals surface area contributed by atoms with Crippen molar-refractivity contribution in [2.45, 2.75) is 25.8 Å². The third-order valence-electron chi connectivity index (χ3n) is 6.28. The first kappa shape index (κ1) is 21.4. The molecular formula is C23H29ClN6O. The van der Waals surface area contributed by atoms with Crippen LogP contribution in [0, 0.1) is 12.8 Å². The van der Waals surface area contributed by atoms with Gasteiger partial charge in [0.1, 0.15) is 18.0 Å². The Kier molecular flexibility index (Phi) is 6.32. The molecule has 2 atom stereocenters. The van der Waals surface area contributed by atoms with Crippen LogP contribution in [0.1, 0.15) is 24.0 Å². The molecule has 1 aromatic heterocycles. The minimum Gasteiger partial charge on any atom is -0.376 e. The van der Waals surface area contributed by atoms with Crippen LogP contribution < -0.4 is 15.5 Å². The quantitative estimate of drug-likeness (QED) is 0.714. The van der Waals surface area contributed by atoms with Crippen LogP contribution in [0.2, 0.25) is 5.02 Å². The van der Waals surface area contributed by atoms with Crippen molar-refractivity contribution in [2.24, 2.45) is 5.92 Å². The Morgan fingerprint density at radius 2 is 2.10 bits per heavy atom. The van der Waals surface area contributed by atoms with Crippen LogP contribution in [0.15, 0.2) is 31.1 Å². The normalized spacial score (nSPS) is 20.4. The molecule has 1 aromatic carbocycles. The molecule has 31 heavy (non-hydrogen) atoms. The summed E-state index contributed by atoms with van der Waals surface area (Å²) in [5, 5.41) is 7.01. The molecule has 0 aliphatic carbocycles. The van der Waals surface area contributed by atoms with Gasteiger partial charge in [-0.1, -0.05) is 24.3 Å². The van der Waals surface area contributed by atoms with Gasteiger partial charge in [0.05, 0.1) is 18.2 Å². The topological polar surface area (TPSA) is 73.4 Å². The number of halogens is 1. The largest absolute Gasteiger partial charge is 0.376 e. The van der Waals surface area contributed by atoms with Crippen LogP contribution in [-0.2, 0) is 4.79 Å². The van der Waals surface area contributed by atoms with Gasteiger partial charge in [0.25, 0.3) is 0 Å². The summed E-state index contributed by atoms with van der Waals surface area (Å²) < 4.78 is 0. The van der Waals surface area contributed by atoms with E-state index in [1.54, 1.807) is 12.4 Å². The first-order valence-electron chi connectivity index (χ1n) is 10.7. The number of anilines is 3. The van der Waals surface area contributed by atoms with Gasteiger partial charge in [0, 0.05) is 37.4 Å². The Morgan fingerprint density at radius 3 is 2.84 bits per heavy atom. The molecule has 164 valence electrons. The number of rotatable bonds is 6. The summed E-state index contributed by atoms with van der Waals surface area (Å²) in [4.78, 5) is 26.1. The van der Waals surface area contributed by atoms with Crippen LogP contribution in [0.25, 0.3) is 6.08 Å². The van der Waals surface area contributed by atoms with Crippen molar-refractivity contribution in [1.29, 1.82) is 0 Å². The number of aromatic nitrogens is 2. The predicted octanol–water partition coefficient (Wildman–Crippen LogP) is 3.66. The van der Waals surface area contributed by atoms with Crippen LogP contribution in [-0.4, -0.2) is 60.0 Å². The number of amides is 1. The SMILES string of the molecule is C=Cc1c(NC)ncnc1N1CCC2CCN(C(=O)CNc3cc(C)cc(Cl)c3)CC21. The molecule has 2 aliphatic rings. The molecular weight excluding hydrogens is 412 g/mol. The van der Waals surface area contributed by atoms with Gasteiger partial charge in [-0.15, -0.1) is 0 Å². The molecule has 2 saturated heterocycles. The number of fused-ring (bicyclic) bond motifs is 1. The van der Waals surface area contributed by atoms with Crippen molar-refractivity contribution < 1.29 is 4.79 Å². The van der Waals surface area contributed by atoms with Crippen LogP contribution >= 0.6 is 11.6 Å². The number of likely N-dealkylation sites (tertiary alicyclic amines) is 1. The molecule has 2 aromatic rings. The van der Waals surface area contributed by atoms with Gasteiger partial charge in [-0.3, -0.25) is 4.79 Å². The highest BCUT2D eigenvalue weighted by Crippen LogP contribution is 2.37. The molecule has 2 N–H and O–H groups in total. The minimum absolute atomic E-state index is 0.102. The molecule has 0 saturated carbocycles. The van der Waals surface area contributed by atoms with E-state index in [0.717, 1.165) is 54.4 Å². The summed E-state index contributed by atoms with van der Waals surface area (Å²) in [5.41, 5.74) is 2.84. The molecule has 0 spiro atoms. The Morgan fingerprint density at radius 1 is 1.29 bits per heavy atom. The Balaban J connectivity index is 1.46. The molecule has 0 radical (unpaired) electrons. The molecule has 2 fully saturated rings. The fourth-order valence-corrected chi connectivity index (χ4v) is 5.05. The second-order valence-electron chi connectivity index (χ2n) is 8.22. The Hall–Kier alpha value is -2.80. The van der Waals surface area contributed by atoms with E-state index in [4.69, 9.17) is 11.6 Å². The van der Waals surface area contributed by atoms with E-state index in [-0.39, 0.29) is 18.5 Å². The molecule has 2 unspecified atom stereocenters. The van der Waals surface area contributed by atoms with E-state index >= 15 is 0 Å². The molecule has 7 nitrogen and oxygen atoms in total. The molecule has 2 aliphatic heterocycles. The number of carbonyl (C=O) groups excluding carboxylic acids is 1. The lowest BCUT2D eigenvalue weighted by molar-refractivity contribution is -0.130. The fraction of sp³-hybridized carbons (Fsp3) is 0.435. The van der Waals surface area contributed by atoms with Crippen molar-refractivity contribution in [1.82, 2.24) is 14.9 Å². The van der Waals surface area contributed by atoms with Crippen molar-refractivity contribution in [3.05, 3.63) is 47.3 Å². The summed E-state index contributed by atoms with van der Waals surface area (Å²) in [6.45, 7) is 8.63. The number of nitrogens with zero attached hydrogens (tertiary/aromatic N) is 4. The summed E-state index contributed by atoms with van der Waals surface area (Å²) in [5.74, 6) is 2.33. The second kappa shape index (κ2) is 9.14. The monoisotopic (exact) mass is 440 g/mol. The maximum Gasteiger partial charge on any atom is 0.241 e. The summed E-state index contributed by atoms with van der Waals surface area (Å²) in [7, 11) is 1.85. The first-order valence-corrected chi connectivity index (χ1v) is 11.1. The van der Waals surface area contributed by atoms with Crippen molar-refractivity contribution in [2.75, 3.05) is 48.8 Å². The fourth-order valence-electron chi connectivity index (χ4n) is 4.76. The molecule has 3 heterocycles. The lowest BCUT2D eigenvalue weighted by Crippen LogP contribution is -2.51. The summed E-state index contributed by atoms with van der Waals surface area (Å²) in [6, 6.07) is 6.00. The summed E-state index contributed by atoms with van der Waals surface area (Å²) in [6.07, 6.45) is 5.51. The van der Waals surface area contributed by atoms with Crippen LogP contribution in [0.3, 0.4) is 0 Å². The number of benzene rings is 1. The van der Waals surface area contributed by atoms with E-state index in [1.807, 2.05) is 37.1 Å². The highest BCUT2D eigenvalue weighted by molar-refractivity contribution is 6.30. The second-order valence-corrected chi connectivity index (χ2v) is 8.66. The van der Waals surface area contributed by atoms with Gasteiger partial charge in [-0.25, -0.2) is 9.97 Å². The average molecular weight is 441 g/mol. The number of piperidine rings is 1. The molecule has 0 bridgehead atoms. The van der Waals surface area contributed by atoms with E-state index in [0.29, 0.717) is 17.5 Å². The zero-order valence-electron chi connectivity index (χ0n) is 18.1. The van der Waals surface area contributed by atoms with Gasteiger partial charge >= 0.3 is 0 Å². The number of hydrogen-bond donors (Lipinski definition) is 2. The van der Waals surface area contributed by atoms with E-state index in [9.17, 15) is 4.79 Å². The lowest BCUT2D eigenvalue weighted by Gasteiger charge is -2.39. The smallest absolute Gasteiger partial charge is 0.241 e. The molecule has 1 amide bonds. The molecule has 8 heteroatoms. The third kappa shape index (κ3) is 4.46. The molecule has 4 rings (SSSR count). The van der Waals surface area contributed by atoms with Gasteiger partial charge in [-0.2, -0.15) is 0 Å². The van der Waals surface area contributed by atoms with E-state index in [1.165, 1.54) is 0 Å². The van der Waals surface area contributed by atoms with Gasteiger partial charge in [0.15, 0.2) is 0 Å². The average Bonchev–Trinajstić information content (AvgIpc) is 3.19. The Labute approximate surface area is 188 Å². The van der Waals surface area contributed by atoms with E-state index < -0.39 is 0 Å². The number of aryl methyl sites for hydroxylation is 1. The highest BCUT2D eigenvalue weighted by atomic mass is 35.5. The number of nitrogens with one attached hydrogen (secondary N) is 2. The van der Waals surface area contributed by atoms with Crippen molar-refractivity contribution in [3.8, 4) is 0 Å². The maximum atomic E-state index is 13.0. The maximum absolute atomic E-state index is 13.0. The van der Waals surface area contributed by atoms with Crippen LogP contribution in [0.4, 0.5) is 17.3 Å². The van der Waals surface area contributed by atoms with Crippen molar-refractivity contribution >= 4 is 40.9 Å². The summed E-state index contributed by atoms with van der Waals surface area (Å²) >= 11 is 6.13. The van der Waals surface area contributed by atoms with Gasteiger partial charge < -0.3 is 20.4 Å². The first-order chi connectivity index (χ1) is 15.0. The third-order valence-corrected chi connectivity index (χ3v) is 6.50. The van der Waals surface area contributed by atoms with E-state index in [2.05, 4.69) is 32.1 Å². The standard InChI is InChI=1S/C23H29ClN6O/c1-4-19-22(25-3)27-14-28-23(19)30-8-6-16-5-7-29(13-20(16)30)21(31)12-26-18-10-15(2)9-17(24)11-18/h4,9-11,14,16,20,26H,1,5-8,12-13H2,2-3H3,(H,25,27,28). The highest BCUT2D eigenvalue weighted by Gasteiger charge is 2.40. The van der Waals surface area contributed by atoms with Gasteiger partial charge in [-0.05, 0) is 49.4 Å². The van der Waals surface area contributed by atoms with Crippen LogP contribution in [0.5, 0.6) is 0 Å². The predicted molar refractivity (Wildman–Crippen MR) is 127 cm³/mol. The zero-order valence-corrected chi connectivity index (χ0v) is 18.8. The van der Waals surface area contributed by atoms with Gasteiger partial charge in [0.2, 0.25) is 5.91 Å². The Bertz CT molecular complexity index is 960.